The van der Waals surface area contributed by atoms with Crippen LogP contribution >= 0.6 is 11.3 Å². The van der Waals surface area contributed by atoms with E-state index in [0.29, 0.717) is 5.78 Å². The number of carbonyl (C=O) groups excluding carboxylic acids is 1. The van der Waals surface area contributed by atoms with Crippen LogP contribution in [-0.4, -0.2) is 31.5 Å². The van der Waals surface area contributed by atoms with Crippen molar-refractivity contribution in [1.29, 1.82) is 0 Å². The zero-order valence-corrected chi connectivity index (χ0v) is 13.5. The van der Waals surface area contributed by atoms with E-state index in [1.54, 1.807) is 15.9 Å². The fourth-order valence-corrected chi connectivity index (χ4v) is 3.17. The molecule has 22 heavy (non-hydrogen) atoms. The minimum absolute atomic E-state index is 0.0218. The molecule has 0 saturated heterocycles. The molecule has 1 amide bonds. The molecule has 1 N–H and O–H groups in total. The van der Waals surface area contributed by atoms with Crippen molar-refractivity contribution in [2.45, 2.75) is 33.2 Å². The predicted molar refractivity (Wildman–Crippen MR) is 85.2 cm³/mol. The standard InChI is InChI=1S/C15H17N5OS/c1-9-7-11(3)20-15(17-9)18-13(19-20)14(21)16-10(2)8-12-5-4-6-22-12/h4-7,10H,8H2,1-3H3,(H,16,21). The fraction of sp³-hybridized carbons (Fsp3) is 0.333. The molecule has 114 valence electrons. The normalized spacial score (nSPS) is 12.5. The van der Waals surface area contributed by atoms with Crippen molar-refractivity contribution < 1.29 is 4.79 Å². The first-order chi connectivity index (χ1) is 10.5. The third kappa shape index (κ3) is 2.99. The molecule has 6 nitrogen and oxygen atoms in total. The van der Waals surface area contributed by atoms with Crippen molar-refractivity contribution >= 4 is 23.0 Å². The molecular weight excluding hydrogens is 298 g/mol. The van der Waals surface area contributed by atoms with Crippen LogP contribution in [0, 0.1) is 13.8 Å². The van der Waals surface area contributed by atoms with Gasteiger partial charge in [-0.1, -0.05) is 6.07 Å². The molecule has 0 spiro atoms. The Hall–Kier alpha value is -2.28. The number of nitrogens with one attached hydrogen (secondary N) is 1. The van der Waals surface area contributed by atoms with E-state index in [-0.39, 0.29) is 17.8 Å². The van der Waals surface area contributed by atoms with Crippen molar-refractivity contribution in [2.24, 2.45) is 0 Å². The number of aryl methyl sites for hydroxylation is 2. The highest BCUT2D eigenvalue weighted by Gasteiger charge is 2.17. The summed E-state index contributed by atoms with van der Waals surface area (Å²) in [4.78, 5) is 22.0. The lowest BCUT2D eigenvalue weighted by molar-refractivity contribution is 0.0930. The van der Waals surface area contributed by atoms with E-state index in [2.05, 4.69) is 26.4 Å². The van der Waals surface area contributed by atoms with E-state index >= 15 is 0 Å². The van der Waals surface area contributed by atoms with Gasteiger partial charge in [0.1, 0.15) is 0 Å². The lowest BCUT2D eigenvalue weighted by Gasteiger charge is -2.10. The Bertz CT molecular complexity index is 809. The van der Waals surface area contributed by atoms with E-state index in [0.717, 1.165) is 17.8 Å². The maximum Gasteiger partial charge on any atom is 0.291 e. The highest BCUT2D eigenvalue weighted by molar-refractivity contribution is 7.09. The SMILES string of the molecule is Cc1cc(C)n2nc(C(=O)NC(C)Cc3cccs3)nc2n1. The van der Waals surface area contributed by atoms with Crippen molar-refractivity contribution in [3.8, 4) is 0 Å². The number of carbonyl (C=O) groups is 1. The molecule has 0 radical (unpaired) electrons. The summed E-state index contributed by atoms with van der Waals surface area (Å²) in [5.41, 5.74) is 1.76. The molecule has 0 aliphatic carbocycles. The van der Waals surface area contributed by atoms with Crippen LogP contribution in [0.4, 0.5) is 0 Å². The molecule has 0 bridgehead atoms. The van der Waals surface area contributed by atoms with Gasteiger partial charge >= 0.3 is 0 Å². The zero-order valence-electron chi connectivity index (χ0n) is 12.7. The first-order valence-electron chi connectivity index (χ1n) is 7.07. The summed E-state index contributed by atoms with van der Waals surface area (Å²) in [6.45, 7) is 5.78. The summed E-state index contributed by atoms with van der Waals surface area (Å²) in [5.74, 6) is 0.333. The van der Waals surface area contributed by atoms with Gasteiger partial charge in [0.2, 0.25) is 5.82 Å². The highest BCUT2D eigenvalue weighted by Crippen LogP contribution is 2.11. The average molecular weight is 315 g/mol. The molecule has 0 aliphatic rings. The van der Waals surface area contributed by atoms with Gasteiger partial charge in [0.25, 0.3) is 11.7 Å². The molecular formula is C15H17N5OS. The van der Waals surface area contributed by atoms with Crippen molar-refractivity contribution in [3.63, 3.8) is 0 Å². The van der Waals surface area contributed by atoms with Crippen LogP contribution in [0.2, 0.25) is 0 Å². The monoisotopic (exact) mass is 315 g/mol. The van der Waals surface area contributed by atoms with E-state index in [1.165, 1.54) is 4.88 Å². The summed E-state index contributed by atoms with van der Waals surface area (Å²) < 4.78 is 1.59. The number of aromatic nitrogens is 4. The molecule has 0 saturated carbocycles. The molecule has 0 aromatic carbocycles. The number of rotatable bonds is 4. The molecule has 0 fully saturated rings. The van der Waals surface area contributed by atoms with Crippen LogP contribution in [0.1, 0.15) is 33.8 Å². The van der Waals surface area contributed by atoms with Crippen LogP contribution in [0.25, 0.3) is 5.78 Å². The van der Waals surface area contributed by atoms with Gasteiger partial charge in [-0.05, 0) is 38.3 Å². The quantitative estimate of drug-likeness (QED) is 0.801. The Balaban J connectivity index is 1.76. The lowest BCUT2D eigenvalue weighted by Crippen LogP contribution is -2.34. The number of hydrogen-bond acceptors (Lipinski definition) is 5. The zero-order chi connectivity index (χ0) is 15.7. The number of amides is 1. The molecule has 1 unspecified atom stereocenters. The average Bonchev–Trinajstić information content (AvgIpc) is 3.07. The molecule has 3 heterocycles. The second kappa shape index (κ2) is 5.84. The third-order valence-electron chi connectivity index (χ3n) is 3.29. The Labute approximate surface area is 132 Å². The fourth-order valence-electron chi connectivity index (χ4n) is 2.33. The smallest absolute Gasteiger partial charge is 0.291 e. The Kier molecular flexibility index (Phi) is 3.89. The van der Waals surface area contributed by atoms with E-state index < -0.39 is 0 Å². The van der Waals surface area contributed by atoms with Crippen LogP contribution in [0.5, 0.6) is 0 Å². The van der Waals surface area contributed by atoms with Crippen LogP contribution < -0.4 is 5.32 Å². The minimum atomic E-state index is -0.272. The number of hydrogen-bond donors (Lipinski definition) is 1. The first-order valence-corrected chi connectivity index (χ1v) is 7.95. The van der Waals surface area contributed by atoms with E-state index in [9.17, 15) is 4.79 Å². The Morgan fingerprint density at radius 1 is 1.41 bits per heavy atom. The number of nitrogens with zero attached hydrogens (tertiary/aromatic N) is 4. The van der Waals surface area contributed by atoms with E-state index in [4.69, 9.17) is 0 Å². The maximum atomic E-state index is 12.3. The number of thiophene rings is 1. The van der Waals surface area contributed by atoms with Gasteiger partial charge in [-0.25, -0.2) is 9.50 Å². The predicted octanol–water partition coefficient (Wildman–Crippen LogP) is 2.16. The third-order valence-corrected chi connectivity index (χ3v) is 4.19. The molecule has 3 rings (SSSR count). The van der Waals surface area contributed by atoms with Gasteiger partial charge in [0.05, 0.1) is 0 Å². The summed E-state index contributed by atoms with van der Waals surface area (Å²) in [6, 6.07) is 6.00. The first kappa shape index (κ1) is 14.6. The molecule has 3 aromatic heterocycles. The highest BCUT2D eigenvalue weighted by atomic mass is 32.1. The summed E-state index contributed by atoms with van der Waals surface area (Å²) in [5, 5.41) is 9.20. The second-order valence-corrected chi connectivity index (χ2v) is 6.38. The summed E-state index contributed by atoms with van der Waals surface area (Å²) >= 11 is 1.68. The second-order valence-electron chi connectivity index (χ2n) is 5.34. The summed E-state index contributed by atoms with van der Waals surface area (Å²) in [6.07, 6.45) is 0.799. The van der Waals surface area contributed by atoms with Crippen molar-refractivity contribution in [1.82, 2.24) is 24.9 Å². The van der Waals surface area contributed by atoms with Gasteiger partial charge in [-0.2, -0.15) is 4.98 Å². The summed E-state index contributed by atoms with van der Waals surface area (Å²) in [7, 11) is 0. The Morgan fingerprint density at radius 2 is 2.23 bits per heavy atom. The largest absolute Gasteiger partial charge is 0.346 e. The van der Waals surface area contributed by atoms with Gasteiger partial charge in [-0.15, -0.1) is 16.4 Å². The van der Waals surface area contributed by atoms with Gasteiger partial charge < -0.3 is 5.32 Å². The van der Waals surface area contributed by atoms with Crippen molar-refractivity contribution in [2.75, 3.05) is 0 Å². The molecule has 7 heteroatoms. The maximum absolute atomic E-state index is 12.3. The number of fused-ring (bicyclic) bond motifs is 1. The molecule has 3 aromatic rings. The van der Waals surface area contributed by atoms with Gasteiger partial charge in [0, 0.05) is 28.7 Å². The molecule has 0 aliphatic heterocycles. The lowest BCUT2D eigenvalue weighted by atomic mass is 10.2. The van der Waals surface area contributed by atoms with E-state index in [1.807, 2.05) is 38.3 Å². The topological polar surface area (TPSA) is 72.2 Å². The van der Waals surface area contributed by atoms with Crippen LogP contribution in [0.3, 0.4) is 0 Å². The van der Waals surface area contributed by atoms with Crippen molar-refractivity contribution in [3.05, 3.63) is 45.7 Å². The molecule has 1 atom stereocenters. The Morgan fingerprint density at radius 3 is 2.95 bits per heavy atom. The minimum Gasteiger partial charge on any atom is -0.346 e. The van der Waals surface area contributed by atoms with Gasteiger partial charge in [0.15, 0.2) is 0 Å². The van der Waals surface area contributed by atoms with Gasteiger partial charge in [-0.3, -0.25) is 4.79 Å². The van der Waals surface area contributed by atoms with Crippen LogP contribution in [-0.2, 0) is 6.42 Å². The van der Waals surface area contributed by atoms with Crippen LogP contribution in [0.15, 0.2) is 23.6 Å².